The number of nitrogens with one attached hydrogen (secondary N) is 1. The molecular weight excluding hydrogens is 334 g/mol. The molecule has 5 nitrogen and oxygen atoms in total. The lowest BCUT2D eigenvalue weighted by Crippen LogP contribution is -2.36. The highest BCUT2D eigenvalue weighted by Gasteiger charge is 2.29. The number of nitrogen functional groups attached to an aromatic ring is 1. The van der Waals surface area contributed by atoms with Crippen molar-refractivity contribution in [2.75, 3.05) is 24.1 Å². The molecule has 116 valence electrons. The molecule has 1 saturated heterocycles. The predicted molar refractivity (Wildman–Crippen MR) is 88.4 cm³/mol. The monoisotopic (exact) mass is 355 g/mol. The van der Waals surface area contributed by atoms with Crippen molar-refractivity contribution in [2.24, 2.45) is 0 Å². The van der Waals surface area contributed by atoms with Gasteiger partial charge in [-0.15, -0.1) is 0 Å². The predicted octanol–water partition coefficient (Wildman–Crippen LogP) is 3.45. The molecule has 21 heavy (non-hydrogen) atoms. The summed E-state index contributed by atoms with van der Waals surface area (Å²) in [6, 6.07) is 5.90. The topological polar surface area (TPSA) is 67.6 Å². The van der Waals surface area contributed by atoms with Gasteiger partial charge in [-0.3, -0.25) is 0 Å². The zero-order valence-electron chi connectivity index (χ0n) is 12.6. The number of nitrogens with two attached hydrogens (primary N) is 1. The molecule has 1 amide bonds. The Hall–Kier alpha value is -1.43. The van der Waals surface area contributed by atoms with Gasteiger partial charge in [0.05, 0.1) is 11.4 Å². The molecule has 0 spiro atoms. The highest BCUT2D eigenvalue weighted by molar-refractivity contribution is 9.10. The van der Waals surface area contributed by atoms with Gasteiger partial charge in [0.1, 0.15) is 5.60 Å². The molecule has 0 aromatic heterocycles. The molecule has 0 saturated carbocycles. The number of carbonyl (C=O) groups excluding carboxylic acids is 1. The van der Waals surface area contributed by atoms with Crippen LogP contribution in [0.4, 0.5) is 16.2 Å². The molecule has 6 heteroatoms. The third-order valence-corrected chi connectivity index (χ3v) is 3.71. The second-order valence-electron chi connectivity index (χ2n) is 6.29. The third-order valence-electron chi connectivity index (χ3n) is 3.21. The first-order chi connectivity index (χ1) is 9.74. The fourth-order valence-corrected chi connectivity index (χ4v) is 2.60. The quantitative estimate of drug-likeness (QED) is 0.797. The highest BCUT2D eigenvalue weighted by atomic mass is 79.9. The van der Waals surface area contributed by atoms with Crippen LogP contribution in [0.1, 0.15) is 27.2 Å². The van der Waals surface area contributed by atoms with Crippen LogP contribution in [0, 0.1) is 0 Å². The molecule has 1 atom stereocenters. The van der Waals surface area contributed by atoms with Gasteiger partial charge in [0, 0.05) is 23.6 Å². The van der Waals surface area contributed by atoms with Crippen molar-refractivity contribution in [3.05, 3.63) is 22.7 Å². The van der Waals surface area contributed by atoms with Crippen LogP contribution in [-0.2, 0) is 4.74 Å². The highest BCUT2D eigenvalue weighted by Crippen LogP contribution is 2.26. The van der Waals surface area contributed by atoms with Crippen LogP contribution in [0.15, 0.2) is 22.7 Å². The van der Waals surface area contributed by atoms with Crippen molar-refractivity contribution in [3.63, 3.8) is 0 Å². The number of likely N-dealkylation sites (tertiary alicyclic amines) is 1. The van der Waals surface area contributed by atoms with E-state index in [-0.39, 0.29) is 12.1 Å². The molecule has 1 aliphatic rings. The van der Waals surface area contributed by atoms with E-state index >= 15 is 0 Å². The molecular formula is C15H22BrN3O2. The van der Waals surface area contributed by atoms with Gasteiger partial charge in [-0.1, -0.05) is 15.9 Å². The minimum absolute atomic E-state index is 0.189. The zero-order chi connectivity index (χ0) is 15.6. The van der Waals surface area contributed by atoms with E-state index in [1.165, 1.54) is 0 Å². The zero-order valence-corrected chi connectivity index (χ0v) is 14.2. The molecule has 0 bridgehead atoms. The van der Waals surface area contributed by atoms with Gasteiger partial charge < -0.3 is 20.7 Å². The molecule has 1 aliphatic heterocycles. The van der Waals surface area contributed by atoms with Crippen molar-refractivity contribution in [3.8, 4) is 0 Å². The van der Waals surface area contributed by atoms with E-state index in [1.54, 1.807) is 4.90 Å². The average molecular weight is 356 g/mol. The van der Waals surface area contributed by atoms with E-state index in [9.17, 15) is 4.79 Å². The van der Waals surface area contributed by atoms with Gasteiger partial charge in [-0.05, 0) is 45.4 Å². The number of halogens is 1. The summed E-state index contributed by atoms with van der Waals surface area (Å²) >= 11 is 3.43. The van der Waals surface area contributed by atoms with E-state index in [4.69, 9.17) is 10.5 Å². The fourth-order valence-electron chi connectivity index (χ4n) is 2.24. The smallest absolute Gasteiger partial charge is 0.410 e. The summed E-state index contributed by atoms with van der Waals surface area (Å²) in [5.74, 6) is 0. The Morgan fingerprint density at radius 3 is 2.86 bits per heavy atom. The molecule has 1 heterocycles. The van der Waals surface area contributed by atoms with Gasteiger partial charge in [0.15, 0.2) is 0 Å². The Kier molecular flexibility index (Phi) is 4.66. The number of hydrogen-bond donors (Lipinski definition) is 2. The van der Waals surface area contributed by atoms with Gasteiger partial charge in [-0.2, -0.15) is 0 Å². The summed E-state index contributed by atoms with van der Waals surface area (Å²) in [5.41, 5.74) is 7.09. The van der Waals surface area contributed by atoms with E-state index < -0.39 is 5.60 Å². The summed E-state index contributed by atoms with van der Waals surface area (Å²) in [4.78, 5) is 13.8. The minimum atomic E-state index is -0.461. The van der Waals surface area contributed by atoms with Gasteiger partial charge in [-0.25, -0.2) is 4.79 Å². The van der Waals surface area contributed by atoms with Gasteiger partial charge >= 0.3 is 6.09 Å². The van der Waals surface area contributed by atoms with Crippen LogP contribution in [0.25, 0.3) is 0 Å². The van der Waals surface area contributed by atoms with Crippen LogP contribution in [0.3, 0.4) is 0 Å². The van der Waals surface area contributed by atoms with Crippen molar-refractivity contribution in [1.29, 1.82) is 0 Å². The summed E-state index contributed by atoms with van der Waals surface area (Å²) < 4.78 is 6.36. The molecule has 1 aromatic carbocycles. The maximum absolute atomic E-state index is 12.0. The average Bonchev–Trinajstić information content (AvgIpc) is 2.80. The second-order valence-corrected chi connectivity index (χ2v) is 7.20. The lowest BCUT2D eigenvalue weighted by atomic mass is 10.2. The molecule has 1 aromatic rings. The number of anilines is 2. The van der Waals surface area contributed by atoms with E-state index in [1.807, 2.05) is 39.0 Å². The summed E-state index contributed by atoms with van der Waals surface area (Å²) in [6.45, 7) is 6.94. The number of hydrogen-bond acceptors (Lipinski definition) is 4. The Bertz CT molecular complexity index is 528. The Labute approximate surface area is 134 Å². The molecule has 0 unspecified atom stereocenters. The van der Waals surface area contributed by atoms with E-state index in [2.05, 4.69) is 21.2 Å². The number of amides is 1. The fraction of sp³-hybridized carbons (Fsp3) is 0.533. The number of nitrogens with zero attached hydrogens (tertiary/aromatic N) is 1. The minimum Gasteiger partial charge on any atom is -0.444 e. The normalized spacial score (nSPS) is 18.7. The number of rotatable bonds is 2. The van der Waals surface area contributed by atoms with E-state index in [0.29, 0.717) is 18.8 Å². The van der Waals surface area contributed by atoms with Gasteiger partial charge in [0.25, 0.3) is 0 Å². The maximum atomic E-state index is 12.0. The summed E-state index contributed by atoms with van der Waals surface area (Å²) in [7, 11) is 0. The van der Waals surface area contributed by atoms with Crippen LogP contribution < -0.4 is 11.1 Å². The summed E-state index contributed by atoms with van der Waals surface area (Å²) in [5, 5.41) is 3.39. The van der Waals surface area contributed by atoms with Crippen molar-refractivity contribution >= 4 is 33.4 Å². The van der Waals surface area contributed by atoms with Crippen molar-refractivity contribution in [2.45, 2.75) is 38.8 Å². The molecule has 1 fully saturated rings. The van der Waals surface area contributed by atoms with Gasteiger partial charge in [0.2, 0.25) is 0 Å². The molecule has 3 N–H and O–H groups in total. The second kappa shape index (κ2) is 6.13. The number of benzene rings is 1. The van der Waals surface area contributed by atoms with Crippen LogP contribution >= 0.6 is 15.9 Å². The van der Waals surface area contributed by atoms with Crippen molar-refractivity contribution in [1.82, 2.24) is 4.90 Å². The lowest BCUT2D eigenvalue weighted by Gasteiger charge is -2.24. The summed E-state index contributed by atoms with van der Waals surface area (Å²) in [6.07, 6.45) is 0.625. The first-order valence-corrected chi connectivity index (χ1v) is 7.83. The first kappa shape index (κ1) is 15.9. The third kappa shape index (κ3) is 4.52. The standard InChI is InChI=1S/C15H22BrN3O2/c1-15(2,3)21-14(20)19-7-6-11(9-19)18-13-8-10(16)4-5-12(13)17/h4-5,8,11,18H,6-7,9,17H2,1-3H3/t11-/m1/s1. The largest absolute Gasteiger partial charge is 0.444 e. The SMILES string of the molecule is CC(C)(C)OC(=O)N1CC[C@@H](Nc2cc(Br)ccc2N)C1. The molecule has 0 radical (unpaired) electrons. The number of carbonyl (C=O) groups is 1. The maximum Gasteiger partial charge on any atom is 0.410 e. The molecule has 0 aliphatic carbocycles. The lowest BCUT2D eigenvalue weighted by molar-refractivity contribution is 0.0293. The number of ether oxygens (including phenoxy) is 1. The van der Waals surface area contributed by atoms with Crippen LogP contribution in [0.2, 0.25) is 0 Å². The van der Waals surface area contributed by atoms with Crippen molar-refractivity contribution < 1.29 is 9.53 Å². The van der Waals surface area contributed by atoms with Crippen LogP contribution in [-0.4, -0.2) is 35.7 Å². The Balaban J connectivity index is 1.93. The molecule has 2 rings (SSSR count). The van der Waals surface area contributed by atoms with Crippen LogP contribution in [0.5, 0.6) is 0 Å². The Morgan fingerprint density at radius 1 is 1.48 bits per heavy atom. The first-order valence-electron chi connectivity index (χ1n) is 7.04. The van der Waals surface area contributed by atoms with E-state index in [0.717, 1.165) is 16.6 Å². The Morgan fingerprint density at radius 2 is 2.19 bits per heavy atom.